The van der Waals surface area contributed by atoms with Crippen molar-refractivity contribution in [1.29, 1.82) is 0 Å². The number of amides is 2. The van der Waals surface area contributed by atoms with Crippen LogP contribution < -0.4 is 0 Å². The van der Waals surface area contributed by atoms with Crippen LogP contribution in [0.3, 0.4) is 0 Å². The van der Waals surface area contributed by atoms with E-state index < -0.39 is 0 Å². The molecule has 2 saturated heterocycles. The minimum absolute atomic E-state index is 0.0627. The smallest absolute Gasteiger partial charge is 0.233 e. The van der Waals surface area contributed by atoms with E-state index >= 15 is 0 Å². The summed E-state index contributed by atoms with van der Waals surface area (Å²) in [7, 11) is 2.15. The van der Waals surface area contributed by atoms with Gasteiger partial charge in [0, 0.05) is 32.7 Å². The Hall–Kier alpha value is -1.20. The molecule has 0 spiro atoms. The average molecular weight is 291 g/mol. The van der Waals surface area contributed by atoms with Crippen LogP contribution in [0.4, 0.5) is 0 Å². The van der Waals surface area contributed by atoms with Gasteiger partial charge >= 0.3 is 0 Å². The molecule has 0 aromatic carbocycles. The van der Waals surface area contributed by atoms with Crippen LogP contribution in [0.5, 0.6) is 0 Å². The molecule has 0 N–H and O–H groups in total. The Labute approximate surface area is 126 Å². The van der Waals surface area contributed by atoms with E-state index in [1.165, 1.54) is 4.90 Å². The molecule has 2 atom stereocenters. The number of nitrogens with zero attached hydrogens (tertiary/aromatic N) is 3. The molecule has 116 valence electrons. The zero-order valence-corrected chi connectivity index (χ0v) is 12.8. The molecule has 2 amide bonds. The van der Waals surface area contributed by atoms with E-state index in [-0.39, 0.29) is 23.7 Å². The first kappa shape index (κ1) is 14.7. The van der Waals surface area contributed by atoms with Crippen LogP contribution in [0.1, 0.15) is 19.3 Å². The van der Waals surface area contributed by atoms with Gasteiger partial charge in [-0.15, -0.1) is 0 Å². The Morgan fingerprint density at radius 2 is 1.52 bits per heavy atom. The molecule has 2 heterocycles. The van der Waals surface area contributed by atoms with Gasteiger partial charge in [-0.2, -0.15) is 0 Å². The van der Waals surface area contributed by atoms with Crippen molar-refractivity contribution >= 4 is 11.8 Å². The van der Waals surface area contributed by atoms with Crippen LogP contribution >= 0.6 is 0 Å². The van der Waals surface area contributed by atoms with Crippen molar-refractivity contribution in [3.05, 3.63) is 12.2 Å². The fourth-order valence-electron chi connectivity index (χ4n) is 3.61. The standard InChI is InChI=1S/C16H25N3O2/c1-17-9-11-18(12-10-17)7-4-8-19-15(20)13-5-2-3-6-14(13)16(19)21/h2-3,13-14H,4-12H2,1H3. The third kappa shape index (κ3) is 3.04. The van der Waals surface area contributed by atoms with Crippen LogP contribution in [0.15, 0.2) is 12.2 Å². The third-order valence-corrected chi connectivity index (χ3v) is 5.05. The van der Waals surface area contributed by atoms with Crippen LogP contribution in [-0.4, -0.2) is 72.8 Å². The van der Waals surface area contributed by atoms with Crippen LogP contribution in [0.2, 0.25) is 0 Å². The quantitative estimate of drug-likeness (QED) is 0.561. The average Bonchev–Trinajstić information content (AvgIpc) is 2.75. The van der Waals surface area contributed by atoms with Gasteiger partial charge < -0.3 is 9.80 Å². The van der Waals surface area contributed by atoms with Gasteiger partial charge in [-0.1, -0.05) is 12.2 Å². The van der Waals surface area contributed by atoms with Crippen LogP contribution in [0, 0.1) is 11.8 Å². The number of carbonyl (C=O) groups is 2. The largest absolute Gasteiger partial charge is 0.304 e. The van der Waals surface area contributed by atoms with Crippen molar-refractivity contribution in [2.75, 3.05) is 46.3 Å². The summed E-state index contributed by atoms with van der Waals surface area (Å²) in [4.78, 5) is 30.9. The second-order valence-corrected chi connectivity index (χ2v) is 6.48. The summed E-state index contributed by atoms with van der Waals surface area (Å²) in [6, 6.07) is 0. The first-order valence-electron chi connectivity index (χ1n) is 8.08. The van der Waals surface area contributed by atoms with Gasteiger partial charge in [-0.3, -0.25) is 14.5 Å². The number of allylic oxidation sites excluding steroid dienone is 2. The number of imide groups is 1. The van der Waals surface area contributed by atoms with Crippen molar-refractivity contribution in [2.24, 2.45) is 11.8 Å². The summed E-state index contributed by atoms with van der Waals surface area (Å²) < 4.78 is 0. The number of hydrogen-bond acceptors (Lipinski definition) is 4. The van der Waals surface area contributed by atoms with Gasteiger partial charge in [0.2, 0.25) is 11.8 Å². The highest BCUT2D eigenvalue weighted by atomic mass is 16.2. The summed E-state index contributed by atoms with van der Waals surface area (Å²) in [5, 5.41) is 0. The summed E-state index contributed by atoms with van der Waals surface area (Å²) in [5.74, 6) is -0.0299. The van der Waals surface area contributed by atoms with E-state index in [1.54, 1.807) is 0 Å². The van der Waals surface area contributed by atoms with Gasteiger partial charge in [0.15, 0.2) is 0 Å². The maximum absolute atomic E-state index is 12.3. The first-order chi connectivity index (χ1) is 10.2. The lowest BCUT2D eigenvalue weighted by molar-refractivity contribution is -0.140. The molecule has 21 heavy (non-hydrogen) atoms. The molecule has 2 unspecified atom stereocenters. The van der Waals surface area contributed by atoms with E-state index in [1.807, 2.05) is 12.2 Å². The highest BCUT2D eigenvalue weighted by molar-refractivity contribution is 6.05. The first-order valence-corrected chi connectivity index (χ1v) is 8.08. The molecule has 2 fully saturated rings. The van der Waals surface area contributed by atoms with Crippen LogP contribution in [-0.2, 0) is 9.59 Å². The van der Waals surface area contributed by atoms with Gasteiger partial charge in [0.25, 0.3) is 0 Å². The number of likely N-dealkylation sites (N-methyl/N-ethyl adjacent to an activating group) is 1. The van der Waals surface area contributed by atoms with Gasteiger partial charge in [0.05, 0.1) is 11.8 Å². The fourth-order valence-corrected chi connectivity index (χ4v) is 3.61. The SMILES string of the molecule is CN1CCN(CCCN2C(=O)C3CC=CCC3C2=O)CC1. The summed E-state index contributed by atoms with van der Waals surface area (Å²) in [6.07, 6.45) is 6.46. The Bertz CT molecular complexity index is 415. The second kappa shape index (κ2) is 6.28. The Balaban J connectivity index is 1.47. The molecule has 3 rings (SSSR count). The van der Waals surface area contributed by atoms with Gasteiger partial charge in [-0.05, 0) is 32.9 Å². The molecule has 0 saturated carbocycles. The number of carbonyl (C=O) groups excluding carboxylic acids is 2. The van der Waals surface area contributed by atoms with E-state index in [9.17, 15) is 9.59 Å². The normalized spacial score (nSPS) is 31.0. The monoisotopic (exact) mass is 291 g/mol. The van der Waals surface area contributed by atoms with Crippen molar-refractivity contribution in [2.45, 2.75) is 19.3 Å². The number of piperazine rings is 1. The molecule has 0 aromatic rings. The molecule has 0 radical (unpaired) electrons. The predicted molar refractivity (Wildman–Crippen MR) is 80.6 cm³/mol. The van der Waals surface area contributed by atoms with Crippen LogP contribution in [0.25, 0.3) is 0 Å². The highest BCUT2D eigenvalue weighted by Gasteiger charge is 2.46. The molecular formula is C16H25N3O2. The van der Waals surface area contributed by atoms with Gasteiger partial charge in [-0.25, -0.2) is 0 Å². The lowest BCUT2D eigenvalue weighted by Gasteiger charge is -2.32. The molecule has 2 aliphatic heterocycles. The fraction of sp³-hybridized carbons (Fsp3) is 0.750. The number of hydrogen-bond donors (Lipinski definition) is 0. The van der Waals surface area contributed by atoms with E-state index in [0.717, 1.165) is 52.0 Å². The third-order valence-electron chi connectivity index (χ3n) is 5.05. The van der Waals surface area contributed by atoms with Gasteiger partial charge in [0.1, 0.15) is 0 Å². The highest BCUT2D eigenvalue weighted by Crippen LogP contribution is 2.34. The summed E-state index contributed by atoms with van der Waals surface area (Å²) >= 11 is 0. The number of rotatable bonds is 4. The lowest BCUT2D eigenvalue weighted by atomic mass is 9.85. The van der Waals surface area contributed by atoms with Crippen molar-refractivity contribution in [3.8, 4) is 0 Å². The number of likely N-dealkylation sites (tertiary alicyclic amines) is 1. The summed E-state index contributed by atoms with van der Waals surface area (Å²) in [5.41, 5.74) is 0. The second-order valence-electron chi connectivity index (χ2n) is 6.48. The predicted octanol–water partition coefficient (Wildman–Crippen LogP) is 0.575. The zero-order valence-electron chi connectivity index (χ0n) is 12.8. The topological polar surface area (TPSA) is 43.9 Å². The molecule has 3 aliphatic rings. The lowest BCUT2D eigenvalue weighted by Crippen LogP contribution is -2.45. The van der Waals surface area contributed by atoms with Crippen molar-refractivity contribution < 1.29 is 9.59 Å². The Morgan fingerprint density at radius 1 is 0.952 bits per heavy atom. The molecular weight excluding hydrogens is 266 g/mol. The molecule has 0 aromatic heterocycles. The maximum Gasteiger partial charge on any atom is 0.233 e. The molecule has 0 bridgehead atoms. The zero-order chi connectivity index (χ0) is 14.8. The Kier molecular flexibility index (Phi) is 4.40. The van der Waals surface area contributed by atoms with E-state index in [2.05, 4.69) is 16.8 Å². The molecule has 1 aliphatic carbocycles. The summed E-state index contributed by atoms with van der Waals surface area (Å²) in [6.45, 7) is 5.98. The minimum atomic E-state index is -0.0777. The number of fused-ring (bicyclic) bond motifs is 1. The maximum atomic E-state index is 12.3. The van der Waals surface area contributed by atoms with Crippen molar-refractivity contribution in [1.82, 2.24) is 14.7 Å². The van der Waals surface area contributed by atoms with E-state index in [4.69, 9.17) is 0 Å². The molecule has 5 nitrogen and oxygen atoms in total. The van der Waals surface area contributed by atoms with E-state index in [0.29, 0.717) is 6.54 Å². The molecule has 5 heteroatoms. The van der Waals surface area contributed by atoms with Crippen molar-refractivity contribution in [3.63, 3.8) is 0 Å². The Morgan fingerprint density at radius 3 is 2.10 bits per heavy atom. The minimum Gasteiger partial charge on any atom is -0.304 e.